The fourth-order valence-electron chi connectivity index (χ4n) is 1.84. The van der Waals surface area contributed by atoms with Gasteiger partial charge in [0.2, 0.25) is 5.88 Å². The molecule has 106 valence electrons. The minimum Gasteiger partial charge on any atom is -0.481 e. The van der Waals surface area contributed by atoms with Gasteiger partial charge in [-0.1, -0.05) is 6.07 Å². The maximum atomic E-state index is 11.5. The smallest absolute Gasteiger partial charge is 0.360 e. The maximum absolute atomic E-state index is 11.5. The van der Waals surface area contributed by atoms with Crippen molar-refractivity contribution in [3.05, 3.63) is 35.4 Å². The lowest BCUT2D eigenvalue weighted by atomic mass is 10.3. The summed E-state index contributed by atoms with van der Waals surface area (Å²) in [6.07, 6.45) is 1.69. The molecule has 0 fully saturated rings. The van der Waals surface area contributed by atoms with Crippen LogP contribution in [0, 0.1) is 6.92 Å². The first-order valence-electron chi connectivity index (χ1n) is 5.96. The highest BCUT2D eigenvalue weighted by atomic mass is 16.5. The van der Waals surface area contributed by atoms with Crippen LogP contribution in [0.2, 0.25) is 0 Å². The number of aromatic nitrogens is 3. The fourth-order valence-corrected chi connectivity index (χ4v) is 1.84. The summed E-state index contributed by atoms with van der Waals surface area (Å²) < 4.78 is 11.4. The summed E-state index contributed by atoms with van der Waals surface area (Å²) in [5.74, 6) is 0.917. The number of aryl methyl sites for hydroxylation is 1. The maximum Gasteiger partial charge on any atom is 0.360 e. The summed E-state index contributed by atoms with van der Waals surface area (Å²) >= 11 is 0. The predicted octanol–water partition coefficient (Wildman–Crippen LogP) is 1.01. The Labute approximate surface area is 116 Å². The second-order valence-corrected chi connectivity index (χ2v) is 4.18. The van der Waals surface area contributed by atoms with Crippen molar-refractivity contribution in [3.8, 4) is 5.88 Å². The van der Waals surface area contributed by atoms with E-state index in [-0.39, 0.29) is 11.5 Å². The molecule has 0 saturated carbocycles. The van der Waals surface area contributed by atoms with Crippen LogP contribution >= 0.6 is 0 Å². The molecule has 7 nitrogen and oxygen atoms in total. The molecular formula is C13H16N4O3. The van der Waals surface area contributed by atoms with Gasteiger partial charge in [-0.15, -0.1) is 0 Å². The molecule has 2 rings (SSSR count). The van der Waals surface area contributed by atoms with Crippen LogP contribution < -0.4 is 10.5 Å². The first kappa shape index (κ1) is 13.9. The Morgan fingerprint density at radius 3 is 2.70 bits per heavy atom. The molecule has 0 bridgehead atoms. The quantitative estimate of drug-likeness (QED) is 0.838. The number of esters is 1. The second kappa shape index (κ2) is 5.60. The van der Waals surface area contributed by atoms with Gasteiger partial charge in [-0.05, 0) is 12.5 Å². The van der Waals surface area contributed by atoms with E-state index in [1.807, 2.05) is 6.07 Å². The molecule has 0 radical (unpaired) electrons. The van der Waals surface area contributed by atoms with Crippen LogP contribution in [0.5, 0.6) is 5.88 Å². The number of nitrogens with zero attached hydrogens (tertiary/aromatic N) is 3. The highest BCUT2D eigenvalue weighted by Crippen LogP contribution is 2.17. The van der Waals surface area contributed by atoms with Gasteiger partial charge in [0.25, 0.3) is 0 Å². The summed E-state index contributed by atoms with van der Waals surface area (Å²) in [4.78, 5) is 19.8. The molecule has 0 unspecified atom stereocenters. The Hall–Kier alpha value is -2.57. The van der Waals surface area contributed by atoms with Gasteiger partial charge in [0.15, 0.2) is 5.69 Å². The third-order valence-electron chi connectivity index (χ3n) is 2.92. The number of carbonyl (C=O) groups is 1. The number of ether oxygens (including phenoxy) is 2. The van der Waals surface area contributed by atoms with E-state index in [1.54, 1.807) is 30.9 Å². The number of nitrogen functional groups attached to an aromatic ring is 1. The van der Waals surface area contributed by atoms with Gasteiger partial charge in [-0.25, -0.2) is 14.8 Å². The molecule has 0 aromatic carbocycles. The molecule has 0 amide bonds. The summed E-state index contributed by atoms with van der Waals surface area (Å²) in [6.45, 7) is 2.25. The highest BCUT2D eigenvalue weighted by Gasteiger charge is 2.19. The number of anilines is 1. The van der Waals surface area contributed by atoms with E-state index in [2.05, 4.69) is 14.7 Å². The van der Waals surface area contributed by atoms with Gasteiger partial charge in [-0.3, -0.25) is 0 Å². The number of carbonyl (C=O) groups excluding carboxylic acids is 1. The zero-order valence-electron chi connectivity index (χ0n) is 11.6. The monoisotopic (exact) mass is 276 g/mol. The molecule has 2 heterocycles. The number of rotatable bonds is 4. The number of nitrogens with two attached hydrogens (primary N) is 1. The van der Waals surface area contributed by atoms with Crippen molar-refractivity contribution in [2.45, 2.75) is 13.5 Å². The van der Waals surface area contributed by atoms with Crippen LogP contribution in [0.3, 0.4) is 0 Å². The van der Waals surface area contributed by atoms with Crippen LogP contribution in [-0.4, -0.2) is 34.7 Å². The SMILES string of the molecule is COC(=O)c1nc(C)n(Cc2ccc(OC)nc2)c1N. The molecule has 0 spiro atoms. The van der Waals surface area contributed by atoms with E-state index in [0.717, 1.165) is 5.56 Å². The van der Waals surface area contributed by atoms with Crippen molar-refractivity contribution in [1.82, 2.24) is 14.5 Å². The Kier molecular flexibility index (Phi) is 3.88. The van der Waals surface area contributed by atoms with E-state index in [1.165, 1.54) is 7.11 Å². The van der Waals surface area contributed by atoms with Crippen LogP contribution in [-0.2, 0) is 11.3 Å². The molecule has 20 heavy (non-hydrogen) atoms. The molecule has 2 aromatic rings. The number of hydrogen-bond donors (Lipinski definition) is 1. The Bertz CT molecular complexity index is 619. The Morgan fingerprint density at radius 2 is 2.15 bits per heavy atom. The van der Waals surface area contributed by atoms with Gasteiger partial charge in [0.05, 0.1) is 20.8 Å². The number of pyridine rings is 1. The average Bonchev–Trinajstić information content (AvgIpc) is 2.75. The lowest BCUT2D eigenvalue weighted by Gasteiger charge is -2.08. The molecule has 7 heteroatoms. The Balaban J connectivity index is 2.28. The predicted molar refractivity (Wildman–Crippen MR) is 72.6 cm³/mol. The topological polar surface area (TPSA) is 92.3 Å². The van der Waals surface area contributed by atoms with Gasteiger partial charge in [0, 0.05) is 12.3 Å². The summed E-state index contributed by atoms with van der Waals surface area (Å²) in [5.41, 5.74) is 7.00. The second-order valence-electron chi connectivity index (χ2n) is 4.18. The average molecular weight is 276 g/mol. The highest BCUT2D eigenvalue weighted by molar-refractivity contribution is 5.92. The van der Waals surface area contributed by atoms with Crippen LogP contribution in [0.25, 0.3) is 0 Å². The van der Waals surface area contributed by atoms with Crippen molar-refractivity contribution in [2.75, 3.05) is 20.0 Å². The van der Waals surface area contributed by atoms with Crippen molar-refractivity contribution in [3.63, 3.8) is 0 Å². The van der Waals surface area contributed by atoms with Crippen molar-refractivity contribution in [1.29, 1.82) is 0 Å². The zero-order chi connectivity index (χ0) is 14.7. The van der Waals surface area contributed by atoms with E-state index >= 15 is 0 Å². The lowest BCUT2D eigenvalue weighted by molar-refractivity contribution is 0.0595. The standard InChI is InChI=1S/C13H16N4O3/c1-8-16-11(13(18)20-3)12(14)17(8)7-9-4-5-10(19-2)15-6-9/h4-6H,7,14H2,1-3H3. The van der Waals surface area contributed by atoms with Gasteiger partial charge in [-0.2, -0.15) is 0 Å². The van der Waals surface area contributed by atoms with E-state index < -0.39 is 5.97 Å². The van der Waals surface area contributed by atoms with Crippen molar-refractivity contribution >= 4 is 11.8 Å². The summed E-state index contributed by atoms with van der Waals surface area (Å²) in [5, 5.41) is 0. The molecule has 0 saturated heterocycles. The fraction of sp³-hybridized carbons (Fsp3) is 0.308. The van der Waals surface area contributed by atoms with E-state index in [9.17, 15) is 4.79 Å². The minimum atomic E-state index is -0.544. The molecule has 2 N–H and O–H groups in total. The van der Waals surface area contributed by atoms with Crippen molar-refractivity contribution in [2.24, 2.45) is 0 Å². The van der Waals surface area contributed by atoms with Gasteiger partial charge >= 0.3 is 5.97 Å². The zero-order valence-corrected chi connectivity index (χ0v) is 11.6. The van der Waals surface area contributed by atoms with Crippen LogP contribution in [0.1, 0.15) is 21.9 Å². The minimum absolute atomic E-state index is 0.131. The molecule has 0 aliphatic carbocycles. The summed E-state index contributed by atoms with van der Waals surface area (Å²) in [6, 6.07) is 3.64. The number of methoxy groups -OCH3 is 2. The molecule has 0 aliphatic heterocycles. The normalized spacial score (nSPS) is 10.3. The molecule has 0 aliphatic rings. The lowest BCUT2D eigenvalue weighted by Crippen LogP contribution is -2.09. The van der Waals surface area contributed by atoms with E-state index in [4.69, 9.17) is 10.5 Å². The first-order valence-corrected chi connectivity index (χ1v) is 5.96. The first-order chi connectivity index (χ1) is 9.56. The summed E-state index contributed by atoms with van der Waals surface area (Å²) in [7, 11) is 2.85. The third-order valence-corrected chi connectivity index (χ3v) is 2.92. The molecule has 0 atom stereocenters. The molecular weight excluding hydrogens is 260 g/mol. The van der Waals surface area contributed by atoms with Crippen molar-refractivity contribution < 1.29 is 14.3 Å². The number of hydrogen-bond acceptors (Lipinski definition) is 6. The Morgan fingerprint density at radius 1 is 1.40 bits per heavy atom. The third kappa shape index (κ3) is 2.56. The van der Waals surface area contributed by atoms with Crippen LogP contribution in [0.15, 0.2) is 18.3 Å². The van der Waals surface area contributed by atoms with Gasteiger partial charge < -0.3 is 19.8 Å². The van der Waals surface area contributed by atoms with Crippen LogP contribution in [0.4, 0.5) is 5.82 Å². The van der Waals surface area contributed by atoms with Gasteiger partial charge in [0.1, 0.15) is 11.6 Å². The van der Waals surface area contributed by atoms with E-state index in [0.29, 0.717) is 18.2 Å². The largest absolute Gasteiger partial charge is 0.481 e. The molecule has 2 aromatic heterocycles. The number of imidazole rings is 1.